The van der Waals surface area contributed by atoms with Crippen LogP contribution in [-0.2, 0) is 4.79 Å². The van der Waals surface area contributed by atoms with E-state index in [0.717, 1.165) is 48.9 Å². The molecular formula is C21H22Cl3N3O. The maximum Gasteiger partial charge on any atom is 0.225 e. The first-order valence-electron chi connectivity index (χ1n) is 9.51. The van der Waals surface area contributed by atoms with E-state index in [1.54, 1.807) is 0 Å². The molecule has 2 aromatic carbocycles. The van der Waals surface area contributed by atoms with Crippen LogP contribution in [-0.4, -0.2) is 38.1 Å². The summed E-state index contributed by atoms with van der Waals surface area (Å²) in [6.45, 7) is 3.23. The molecule has 0 bridgehead atoms. The van der Waals surface area contributed by atoms with Gasteiger partial charge in [-0.15, -0.1) is 0 Å². The molecule has 2 atom stereocenters. The van der Waals surface area contributed by atoms with Gasteiger partial charge in [0, 0.05) is 37.9 Å². The number of hydrogen-bond acceptors (Lipinski definition) is 3. The van der Waals surface area contributed by atoms with Gasteiger partial charge in [-0.25, -0.2) is 0 Å². The number of nitrogens with one attached hydrogen (secondary N) is 1. The molecule has 2 fully saturated rings. The number of carbonyl (C=O) groups excluding carboxylic acids is 1. The number of benzene rings is 2. The molecule has 1 N–H and O–H groups in total. The lowest BCUT2D eigenvalue weighted by Gasteiger charge is -2.21. The summed E-state index contributed by atoms with van der Waals surface area (Å²) in [4.78, 5) is 17.2. The quantitative estimate of drug-likeness (QED) is 0.740. The van der Waals surface area contributed by atoms with Gasteiger partial charge in [-0.2, -0.15) is 0 Å². The van der Waals surface area contributed by atoms with Crippen LogP contribution in [0.15, 0.2) is 42.5 Å². The first kappa shape index (κ1) is 19.7. The maximum absolute atomic E-state index is 12.8. The van der Waals surface area contributed by atoms with Crippen molar-refractivity contribution in [2.75, 3.05) is 36.0 Å². The normalized spacial score (nSPS) is 22.0. The van der Waals surface area contributed by atoms with Gasteiger partial charge in [0.25, 0.3) is 0 Å². The highest BCUT2D eigenvalue weighted by Crippen LogP contribution is 2.31. The van der Waals surface area contributed by atoms with Crippen LogP contribution in [0.25, 0.3) is 0 Å². The lowest BCUT2D eigenvalue weighted by Crippen LogP contribution is -2.41. The van der Waals surface area contributed by atoms with E-state index in [1.807, 2.05) is 42.5 Å². The van der Waals surface area contributed by atoms with Crippen LogP contribution in [0.2, 0.25) is 15.1 Å². The van der Waals surface area contributed by atoms with Gasteiger partial charge in [-0.3, -0.25) is 4.79 Å². The van der Waals surface area contributed by atoms with Crippen molar-refractivity contribution in [3.8, 4) is 0 Å². The van der Waals surface area contributed by atoms with Crippen molar-refractivity contribution in [2.24, 2.45) is 5.92 Å². The van der Waals surface area contributed by atoms with Gasteiger partial charge >= 0.3 is 0 Å². The van der Waals surface area contributed by atoms with Crippen LogP contribution < -0.4 is 15.1 Å². The Labute approximate surface area is 180 Å². The van der Waals surface area contributed by atoms with Gasteiger partial charge in [0.05, 0.1) is 26.7 Å². The van der Waals surface area contributed by atoms with E-state index in [9.17, 15) is 4.79 Å². The van der Waals surface area contributed by atoms with Gasteiger partial charge in [0.2, 0.25) is 5.91 Å². The summed E-state index contributed by atoms with van der Waals surface area (Å²) in [5.74, 6) is 0.130. The van der Waals surface area contributed by atoms with Crippen LogP contribution in [0.4, 0.5) is 11.4 Å². The fourth-order valence-corrected chi connectivity index (χ4v) is 4.56. The molecule has 7 heteroatoms. The minimum Gasteiger partial charge on any atom is -0.370 e. The molecule has 2 saturated heterocycles. The number of rotatable bonds is 4. The largest absolute Gasteiger partial charge is 0.370 e. The Kier molecular flexibility index (Phi) is 5.91. The minimum atomic E-state index is -0.00435. The van der Waals surface area contributed by atoms with E-state index in [4.69, 9.17) is 34.8 Å². The number of amides is 1. The van der Waals surface area contributed by atoms with Gasteiger partial charge < -0.3 is 15.1 Å². The third-order valence-electron chi connectivity index (χ3n) is 5.56. The van der Waals surface area contributed by atoms with Crippen molar-refractivity contribution in [2.45, 2.75) is 18.9 Å². The first-order chi connectivity index (χ1) is 13.5. The van der Waals surface area contributed by atoms with Crippen molar-refractivity contribution >= 4 is 52.1 Å². The van der Waals surface area contributed by atoms with Crippen LogP contribution in [0.1, 0.15) is 12.8 Å². The average molecular weight is 439 g/mol. The van der Waals surface area contributed by atoms with Crippen LogP contribution >= 0.6 is 34.8 Å². The molecule has 4 rings (SSSR count). The first-order valence-corrected chi connectivity index (χ1v) is 10.6. The fourth-order valence-electron chi connectivity index (χ4n) is 4.01. The van der Waals surface area contributed by atoms with Crippen molar-refractivity contribution in [3.05, 3.63) is 57.5 Å². The van der Waals surface area contributed by atoms with Gasteiger partial charge in [0.1, 0.15) is 0 Å². The highest BCUT2D eigenvalue weighted by molar-refractivity contribution is 6.42. The Morgan fingerprint density at radius 1 is 0.893 bits per heavy atom. The second-order valence-corrected chi connectivity index (χ2v) is 8.64. The molecule has 1 amide bonds. The molecule has 2 heterocycles. The molecule has 0 aliphatic carbocycles. The lowest BCUT2D eigenvalue weighted by atomic mass is 10.1. The zero-order chi connectivity index (χ0) is 19.7. The highest BCUT2D eigenvalue weighted by atomic mass is 35.5. The number of carbonyl (C=O) groups is 1. The van der Waals surface area contributed by atoms with Crippen LogP contribution in [0.5, 0.6) is 0 Å². The van der Waals surface area contributed by atoms with E-state index in [1.165, 1.54) is 0 Å². The molecule has 0 spiro atoms. The second-order valence-electron chi connectivity index (χ2n) is 7.42. The van der Waals surface area contributed by atoms with Gasteiger partial charge in [0.15, 0.2) is 0 Å². The monoisotopic (exact) mass is 437 g/mol. The summed E-state index contributed by atoms with van der Waals surface area (Å²) in [6.07, 6.45) is 1.77. The van der Waals surface area contributed by atoms with E-state index in [0.29, 0.717) is 16.6 Å². The molecule has 0 aromatic heterocycles. The Hall–Kier alpha value is -1.62. The predicted molar refractivity (Wildman–Crippen MR) is 117 cm³/mol. The van der Waals surface area contributed by atoms with E-state index >= 15 is 0 Å². The molecule has 0 saturated carbocycles. The van der Waals surface area contributed by atoms with E-state index in [-0.39, 0.29) is 17.9 Å². The predicted octanol–water partition coefficient (Wildman–Crippen LogP) is 4.87. The average Bonchev–Trinajstić information content (AvgIpc) is 3.34. The SMILES string of the molecule is O=C(NC1CCN(c2ccc(Cl)c(Cl)c2)C1)C1CCN(c2ccccc2Cl)C1. The molecule has 28 heavy (non-hydrogen) atoms. The number of para-hydroxylation sites is 1. The van der Waals surface area contributed by atoms with Crippen molar-refractivity contribution in [3.63, 3.8) is 0 Å². The number of halogens is 3. The van der Waals surface area contributed by atoms with Gasteiger partial charge in [-0.1, -0.05) is 46.9 Å². The third-order valence-corrected chi connectivity index (χ3v) is 6.61. The van der Waals surface area contributed by atoms with Crippen LogP contribution in [0, 0.1) is 5.92 Å². The Balaban J connectivity index is 1.32. The van der Waals surface area contributed by atoms with E-state index in [2.05, 4.69) is 15.1 Å². The Morgan fingerprint density at radius 3 is 2.46 bits per heavy atom. The zero-order valence-corrected chi connectivity index (χ0v) is 17.6. The van der Waals surface area contributed by atoms with Crippen molar-refractivity contribution in [1.82, 2.24) is 5.32 Å². The molecule has 4 nitrogen and oxygen atoms in total. The molecule has 2 aliphatic heterocycles. The summed E-state index contributed by atoms with van der Waals surface area (Å²) in [5, 5.41) is 5.07. The van der Waals surface area contributed by atoms with E-state index < -0.39 is 0 Å². The summed E-state index contributed by atoms with van der Waals surface area (Å²) in [5.41, 5.74) is 2.04. The standard InChI is InChI=1S/C21H22Cl3N3O/c22-17-6-5-16(11-19(17)24)26-10-8-15(13-26)25-21(28)14-7-9-27(12-14)20-4-2-1-3-18(20)23/h1-6,11,14-15H,7-10,12-13H2,(H,25,28). The smallest absolute Gasteiger partial charge is 0.225 e. The maximum atomic E-state index is 12.8. The summed E-state index contributed by atoms with van der Waals surface area (Å²) >= 11 is 18.4. The topological polar surface area (TPSA) is 35.6 Å². The Bertz CT molecular complexity index is 876. The van der Waals surface area contributed by atoms with Crippen LogP contribution in [0.3, 0.4) is 0 Å². The van der Waals surface area contributed by atoms with Gasteiger partial charge in [-0.05, 0) is 43.2 Å². The number of hydrogen-bond donors (Lipinski definition) is 1. The summed E-state index contributed by atoms with van der Waals surface area (Å²) < 4.78 is 0. The lowest BCUT2D eigenvalue weighted by molar-refractivity contribution is -0.124. The Morgan fingerprint density at radius 2 is 1.68 bits per heavy atom. The molecule has 2 aliphatic rings. The van der Waals surface area contributed by atoms with Crippen molar-refractivity contribution in [1.29, 1.82) is 0 Å². The fraction of sp³-hybridized carbons (Fsp3) is 0.381. The molecule has 0 radical (unpaired) electrons. The minimum absolute atomic E-state index is 0.00435. The summed E-state index contributed by atoms with van der Waals surface area (Å²) in [6, 6.07) is 13.6. The second kappa shape index (κ2) is 8.40. The molecular weight excluding hydrogens is 417 g/mol. The molecule has 2 unspecified atom stereocenters. The zero-order valence-electron chi connectivity index (χ0n) is 15.4. The summed E-state index contributed by atoms with van der Waals surface area (Å²) in [7, 11) is 0. The number of anilines is 2. The molecule has 2 aromatic rings. The highest BCUT2D eigenvalue weighted by Gasteiger charge is 2.32. The van der Waals surface area contributed by atoms with Crippen molar-refractivity contribution < 1.29 is 4.79 Å². The number of nitrogens with zero attached hydrogens (tertiary/aromatic N) is 2. The third kappa shape index (κ3) is 4.19. The molecule has 148 valence electrons.